The summed E-state index contributed by atoms with van der Waals surface area (Å²) in [4.78, 5) is 6.00. The average molecular weight is 261 g/mol. The van der Waals surface area contributed by atoms with E-state index in [9.17, 15) is 0 Å². The van der Waals surface area contributed by atoms with Crippen LogP contribution in [-0.2, 0) is 6.54 Å². The third-order valence-electron chi connectivity index (χ3n) is 2.09. The second kappa shape index (κ2) is 6.86. The van der Waals surface area contributed by atoms with Crippen molar-refractivity contribution in [2.24, 2.45) is 0 Å². The molecule has 88 valence electrons. The summed E-state index contributed by atoms with van der Waals surface area (Å²) >= 11 is 11.7. The number of aromatic nitrogens is 1. The Morgan fingerprint density at radius 2 is 2.25 bits per heavy atom. The predicted molar refractivity (Wildman–Crippen MR) is 66.8 cm³/mol. The van der Waals surface area contributed by atoms with Crippen LogP contribution in [0.5, 0.6) is 0 Å². The standard InChI is InChI=1S/C11H14Cl2N2O/c1-2-3-15(4-5-16)8-9-7-14-11(13)6-10(9)12/h2,6-7,16H,1,3-5,8H2. The van der Waals surface area contributed by atoms with Gasteiger partial charge < -0.3 is 5.11 Å². The van der Waals surface area contributed by atoms with Crippen LogP contribution < -0.4 is 0 Å². The van der Waals surface area contributed by atoms with E-state index in [-0.39, 0.29) is 6.61 Å². The molecule has 0 aliphatic carbocycles. The minimum atomic E-state index is 0.104. The zero-order valence-corrected chi connectivity index (χ0v) is 10.4. The lowest BCUT2D eigenvalue weighted by molar-refractivity contribution is 0.203. The zero-order chi connectivity index (χ0) is 12.0. The molecule has 0 unspecified atom stereocenters. The highest BCUT2D eigenvalue weighted by Crippen LogP contribution is 2.19. The van der Waals surface area contributed by atoms with E-state index in [1.165, 1.54) is 0 Å². The summed E-state index contributed by atoms with van der Waals surface area (Å²) in [5.74, 6) is 0. The van der Waals surface area contributed by atoms with Gasteiger partial charge in [0.15, 0.2) is 0 Å². The summed E-state index contributed by atoms with van der Waals surface area (Å²) in [7, 11) is 0. The number of aliphatic hydroxyl groups excluding tert-OH is 1. The predicted octanol–water partition coefficient (Wildman–Crippen LogP) is 2.37. The highest BCUT2D eigenvalue weighted by molar-refractivity contribution is 6.34. The Morgan fingerprint density at radius 3 is 2.81 bits per heavy atom. The minimum absolute atomic E-state index is 0.104. The molecule has 1 aromatic rings. The van der Waals surface area contributed by atoms with Gasteiger partial charge in [0.2, 0.25) is 0 Å². The van der Waals surface area contributed by atoms with Gasteiger partial charge in [-0.1, -0.05) is 29.3 Å². The van der Waals surface area contributed by atoms with Crippen LogP contribution in [0.25, 0.3) is 0 Å². The first kappa shape index (κ1) is 13.5. The molecule has 1 rings (SSSR count). The molecule has 0 spiro atoms. The summed E-state index contributed by atoms with van der Waals surface area (Å²) in [6.45, 7) is 5.66. The fraction of sp³-hybridized carbons (Fsp3) is 0.364. The van der Waals surface area contributed by atoms with Gasteiger partial charge in [0.05, 0.1) is 6.61 Å². The van der Waals surface area contributed by atoms with Crippen LogP contribution in [0.4, 0.5) is 0 Å². The second-order valence-corrected chi connectivity index (χ2v) is 4.14. The largest absolute Gasteiger partial charge is 0.395 e. The molecule has 0 fully saturated rings. The maximum Gasteiger partial charge on any atom is 0.130 e. The monoisotopic (exact) mass is 260 g/mol. The first-order chi connectivity index (χ1) is 7.67. The van der Waals surface area contributed by atoms with Crippen molar-refractivity contribution < 1.29 is 5.11 Å². The molecule has 0 radical (unpaired) electrons. The molecular weight excluding hydrogens is 247 g/mol. The lowest BCUT2D eigenvalue weighted by Gasteiger charge is -2.19. The van der Waals surface area contributed by atoms with Crippen LogP contribution in [0.3, 0.4) is 0 Å². The minimum Gasteiger partial charge on any atom is -0.395 e. The lowest BCUT2D eigenvalue weighted by Crippen LogP contribution is -2.26. The van der Waals surface area contributed by atoms with Crippen molar-refractivity contribution in [3.63, 3.8) is 0 Å². The molecule has 0 saturated carbocycles. The molecule has 0 amide bonds. The molecule has 0 aromatic carbocycles. The lowest BCUT2D eigenvalue weighted by atomic mass is 10.2. The Bertz CT molecular complexity index is 358. The number of rotatable bonds is 6. The first-order valence-corrected chi connectivity index (χ1v) is 5.67. The van der Waals surface area contributed by atoms with E-state index in [1.54, 1.807) is 18.3 Å². The van der Waals surface area contributed by atoms with Crippen LogP contribution in [0, 0.1) is 0 Å². The first-order valence-electron chi connectivity index (χ1n) is 4.91. The van der Waals surface area contributed by atoms with Crippen molar-refractivity contribution in [1.82, 2.24) is 9.88 Å². The fourth-order valence-corrected chi connectivity index (χ4v) is 1.78. The maximum absolute atomic E-state index is 8.91. The van der Waals surface area contributed by atoms with Crippen LogP contribution in [-0.4, -0.2) is 34.7 Å². The number of pyridine rings is 1. The zero-order valence-electron chi connectivity index (χ0n) is 8.87. The molecular formula is C11H14Cl2N2O. The van der Waals surface area contributed by atoms with E-state index in [4.69, 9.17) is 28.3 Å². The molecule has 1 heterocycles. The summed E-state index contributed by atoms with van der Waals surface area (Å²) in [5.41, 5.74) is 0.890. The third-order valence-corrected chi connectivity index (χ3v) is 2.65. The normalized spacial score (nSPS) is 10.8. The molecule has 0 bridgehead atoms. The van der Waals surface area contributed by atoms with Gasteiger partial charge in [0.25, 0.3) is 0 Å². The van der Waals surface area contributed by atoms with Gasteiger partial charge in [0, 0.05) is 36.4 Å². The third kappa shape index (κ3) is 4.10. The molecule has 0 saturated heterocycles. The summed E-state index contributed by atoms with van der Waals surface area (Å²) in [6, 6.07) is 1.61. The fourth-order valence-electron chi connectivity index (χ4n) is 1.35. The van der Waals surface area contributed by atoms with E-state index in [0.717, 1.165) is 5.56 Å². The van der Waals surface area contributed by atoms with E-state index in [0.29, 0.717) is 29.8 Å². The molecule has 1 N–H and O–H groups in total. The number of nitrogens with zero attached hydrogens (tertiary/aromatic N) is 2. The van der Waals surface area contributed by atoms with Crippen molar-refractivity contribution in [2.45, 2.75) is 6.54 Å². The van der Waals surface area contributed by atoms with Gasteiger partial charge in [-0.25, -0.2) is 4.98 Å². The van der Waals surface area contributed by atoms with Crippen molar-refractivity contribution in [2.75, 3.05) is 19.7 Å². The highest BCUT2D eigenvalue weighted by atomic mass is 35.5. The van der Waals surface area contributed by atoms with Crippen molar-refractivity contribution >= 4 is 23.2 Å². The van der Waals surface area contributed by atoms with Gasteiger partial charge >= 0.3 is 0 Å². The number of hydrogen-bond donors (Lipinski definition) is 1. The molecule has 3 nitrogen and oxygen atoms in total. The smallest absolute Gasteiger partial charge is 0.130 e. The van der Waals surface area contributed by atoms with Crippen LogP contribution in [0.2, 0.25) is 10.2 Å². The Balaban J connectivity index is 2.72. The van der Waals surface area contributed by atoms with Crippen molar-refractivity contribution in [1.29, 1.82) is 0 Å². The molecule has 16 heavy (non-hydrogen) atoms. The SMILES string of the molecule is C=CCN(CCO)Cc1cnc(Cl)cc1Cl. The summed E-state index contributed by atoms with van der Waals surface area (Å²) < 4.78 is 0. The number of hydrogen-bond acceptors (Lipinski definition) is 3. The Kier molecular flexibility index (Phi) is 5.77. The van der Waals surface area contributed by atoms with E-state index >= 15 is 0 Å². The Hall–Kier alpha value is -0.610. The maximum atomic E-state index is 8.91. The van der Waals surface area contributed by atoms with Crippen molar-refractivity contribution in [3.8, 4) is 0 Å². The number of aliphatic hydroxyl groups is 1. The average Bonchev–Trinajstić information content (AvgIpc) is 2.23. The molecule has 1 aromatic heterocycles. The Labute approximate surface area is 105 Å². The summed E-state index contributed by atoms with van der Waals surface area (Å²) in [5, 5.41) is 9.88. The number of halogens is 2. The van der Waals surface area contributed by atoms with Crippen molar-refractivity contribution in [3.05, 3.63) is 40.7 Å². The van der Waals surface area contributed by atoms with E-state index in [1.807, 2.05) is 4.90 Å². The topological polar surface area (TPSA) is 36.4 Å². The van der Waals surface area contributed by atoms with Crippen LogP contribution in [0.15, 0.2) is 24.9 Å². The highest BCUT2D eigenvalue weighted by Gasteiger charge is 2.07. The molecule has 0 aliphatic rings. The van der Waals surface area contributed by atoms with Crippen LogP contribution in [0.1, 0.15) is 5.56 Å². The van der Waals surface area contributed by atoms with Gasteiger partial charge in [-0.3, -0.25) is 4.90 Å². The molecule has 0 atom stereocenters. The second-order valence-electron chi connectivity index (χ2n) is 3.35. The van der Waals surface area contributed by atoms with Gasteiger partial charge in [-0.15, -0.1) is 6.58 Å². The quantitative estimate of drug-likeness (QED) is 0.631. The van der Waals surface area contributed by atoms with Crippen LogP contribution >= 0.6 is 23.2 Å². The summed E-state index contributed by atoms with van der Waals surface area (Å²) in [6.07, 6.45) is 3.44. The van der Waals surface area contributed by atoms with E-state index < -0.39 is 0 Å². The van der Waals surface area contributed by atoms with Gasteiger partial charge in [0.1, 0.15) is 5.15 Å². The van der Waals surface area contributed by atoms with Gasteiger partial charge in [-0.2, -0.15) is 0 Å². The Morgan fingerprint density at radius 1 is 1.50 bits per heavy atom. The molecule has 5 heteroatoms. The molecule has 0 aliphatic heterocycles. The van der Waals surface area contributed by atoms with E-state index in [2.05, 4.69) is 11.6 Å². The van der Waals surface area contributed by atoms with Gasteiger partial charge in [-0.05, 0) is 6.07 Å².